The predicted molar refractivity (Wildman–Crippen MR) is 158 cm³/mol. The molecule has 0 aliphatic heterocycles. The van der Waals surface area contributed by atoms with Crippen molar-refractivity contribution in [3.8, 4) is 0 Å². The lowest BCUT2D eigenvalue weighted by Gasteiger charge is -2.24. The summed E-state index contributed by atoms with van der Waals surface area (Å²) in [6, 6.07) is -6.57. The SMILES string of the molecule is [2H]C1([2H])C(=O)C(C(=O)OCC)C([2H])([2H])C([2H])([2H])C1([2H])[2H].[2H]C1([2H])C(=O)C([2H])([2H])C([2H])([2H])C([2H])([2H])C1([2H])[2H].[2H]C1=C(C(=O)OC([2H])([2H])C([2H])([2H])[2H])[C@]([2H])(S(=O)(=O)N([2H])c2c([2H])c([2H])c(F)c([2H])c2Cl)C([2H])([2H])C([2H])([2H])C1([2H])[2H]. The number of benzene rings is 1. The van der Waals surface area contributed by atoms with Crippen molar-refractivity contribution in [2.24, 2.45) is 5.92 Å². The molecule has 4 rings (SSSR count). The number of anilines is 1. The molecule has 0 amide bonds. The van der Waals surface area contributed by atoms with E-state index in [9.17, 15) is 32.0 Å². The van der Waals surface area contributed by atoms with Crippen molar-refractivity contribution in [3.63, 3.8) is 0 Å². The number of allylic oxidation sites excluding steroid dienone is 1. The zero-order chi connectivity index (χ0) is 62.2. The number of carbonyl (C=O) groups excluding carboxylic acids is 4. The summed E-state index contributed by atoms with van der Waals surface area (Å²) in [5.74, 6) is -11.7. The lowest BCUT2D eigenvalue weighted by atomic mass is 9.88. The summed E-state index contributed by atoms with van der Waals surface area (Å²) in [5, 5.41) is -6.06. The molecular formula is C30H41ClFNO8S. The second kappa shape index (κ2) is 18.0. The van der Waals surface area contributed by atoms with Gasteiger partial charge in [0.25, 0.3) is 0 Å². The number of carbonyl (C=O) groups is 4. The Hall–Kier alpha value is -2.79. The molecule has 234 valence electrons. The number of ether oxygens (including phenoxy) is 2. The first-order chi connectivity index (χ1) is 33.4. The van der Waals surface area contributed by atoms with E-state index in [0.29, 0.717) is 0 Å². The number of ketones is 2. The molecule has 42 heavy (non-hydrogen) atoms. The van der Waals surface area contributed by atoms with Gasteiger partial charge in [0, 0.05) is 56.1 Å². The van der Waals surface area contributed by atoms with E-state index in [1.165, 1.54) is 6.92 Å². The molecule has 3 aliphatic carbocycles. The molecule has 0 spiro atoms. The minimum atomic E-state index is -6.50. The second-order valence-corrected chi connectivity index (χ2v) is 8.56. The van der Waals surface area contributed by atoms with Crippen molar-refractivity contribution in [1.29, 1.82) is 0 Å². The molecule has 1 unspecified atom stereocenters. The average Bonchev–Trinajstić information content (AvgIpc) is 3.25. The molecular weight excluding hydrogens is 589 g/mol. The van der Waals surface area contributed by atoms with Crippen LogP contribution in [0.15, 0.2) is 29.8 Å². The third kappa shape index (κ3) is 11.5. The number of esters is 2. The maximum Gasteiger partial charge on any atom is 0.335 e. The fourth-order valence-electron chi connectivity index (χ4n) is 2.29. The van der Waals surface area contributed by atoms with Gasteiger partial charge in [0.05, 0.1) is 39.0 Å². The van der Waals surface area contributed by atoms with E-state index in [0.717, 1.165) is 0 Å². The Morgan fingerprint density at radius 1 is 1.17 bits per heavy atom. The zero-order valence-corrected chi connectivity index (χ0v) is 22.2. The Morgan fingerprint density at radius 3 is 2.57 bits per heavy atom. The minimum Gasteiger partial charge on any atom is -0.465 e. The molecule has 2 atom stereocenters. The van der Waals surface area contributed by atoms with Crippen molar-refractivity contribution in [2.45, 2.75) is 95.5 Å². The summed E-state index contributed by atoms with van der Waals surface area (Å²) in [6.45, 7) is -6.64. The normalized spacial score (nSPS) is 49.8. The molecule has 0 bridgehead atoms. The molecule has 1 aromatic carbocycles. The smallest absolute Gasteiger partial charge is 0.335 e. The molecule has 1 aromatic rings. The lowest BCUT2D eigenvalue weighted by molar-refractivity contribution is -0.152. The summed E-state index contributed by atoms with van der Waals surface area (Å²) >= 11 is 5.70. The number of nitrogens with one attached hydrogen (secondary N) is 1. The summed E-state index contributed by atoms with van der Waals surface area (Å²) in [4.78, 5) is 48.1. The lowest BCUT2D eigenvalue weighted by Crippen LogP contribution is -2.34. The first-order valence-corrected chi connectivity index (χ1v) is 12.4. The standard InChI is InChI=1S/C15H17ClFNO4S.C9H14O3.C6H10O/c1-2-22-15(19)11-5-3-4-6-14(11)23(20,21)18-13-8-7-10(17)9-12(13)16;1-2-12-9(11)7-5-3-4-6-8(7)10;7-6-4-2-1-3-5-6/h5,7-9,14,18H,2-4,6H2,1H3;7H,2-6H2,1H3;1-5H2/t14-;;/m1../s1/i1D3,2D2,3D2,4D2,5D,6D2,7D,8D,9D,14D;3D2,4D2,5D2,6D2;1D2,2D2,3D2,4D2,5D2/hD. The maximum absolute atomic E-state index is 14.0. The van der Waals surface area contributed by atoms with Gasteiger partial charge in [-0.25, -0.2) is 17.6 Å². The highest BCUT2D eigenvalue weighted by atomic mass is 35.5. The van der Waals surface area contributed by atoms with E-state index in [2.05, 4.69) is 9.47 Å². The van der Waals surface area contributed by atoms with Crippen LogP contribution in [-0.2, 0) is 38.7 Å². The molecule has 2 fully saturated rings. The van der Waals surface area contributed by atoms with Crippen molar-refractivity contribution in [3.05, 3.63) is 40.6 Å². The van der Waals surface area contributed by atoms with Gasteiger partial charge in [-0.15, -0.1) is 0 Å². The number of sulfonamides is 1. The van der Waals surface area contributed by atoms with Crippen LogP contribution in [0.5, 0.6) is 0 Å². The van der Waals surface area contributed by atoms with E-state index in [1.807, 2.05) is 0 Å². The average molecular weight is 665 g/mol. The summed E-state index contributed by atoms with van der Waals surface area (Å²) in [5.41, 5.74) is -3.85. The highest BCUT2D eigenvalue weighted by Gasteiger charge is 2.35. The first kappa shape index (κ1) is 10.1. The van der Waals surface area contributed by atoms with Gasteiger partial charge >= 0.3 is 11.9 Å². The third-order valence-electron chi connectivity index (χ3n) is 3.91. The maximum atomic E-state index is 14.0. The Morgan fingerprint density at radius 2 is 1.88 bits per heavy atom. The fourth-order valence-corrected chi connectivity index (χ4v) is 3.55. The molecule has 2 saturated carbocycles. The van der Waals surface area contributed by atoms with Gasteiger partial charge in [-0.1, -0.05) is 30.4 Å². The number of halogens is 2. The van der Waals surface area contributed by atoms with Gasteiger partial charge in [0.2, 0.25) is 10.0 Å². The van der Waals surface area contributed by atoms with E-state index in [4.69, 9.17) is 59.6 Å². The quantitative estimate of drug-likeness (QED) is 0.273. The van der Waals surface area contributed by atoms with Gasteiger partial charge in [-0.05, 0) is 76.5 Å². The summed E-state index contributed by atoms with van der Waals surface area (Å²) < 4.78 is 314. The van der Waals surface area contributed by atoms with Crippen LogP contribution < -0.4 is 4.72 Å². The molecule has 12 heteroatoms. The molecule has 3 aliphatic rings. The molecule has 1 N–H and O–H groups in total. The molecule has 0 heterocycles. The van der Waals surface area contributed by atoms with Crippen LogP contribution in [0.25, 0.3) is 0 Å². The molecule has 0 saturated heterocycles. The number of hydrogen-bond donors (Lipinski definition) is 1. The third-order valence-corrected chi connectivity index (χ3v) is 5.43. The van der Waals surface area contributed by atoms with Crippen molar-refractivity contribution >= 4 is 50.8 Å². The van der Waals surface area contributed by atoms with E-state index in [-0.39, 0.29) is 6.61 Å². The highest BCUT2D eigenvalue weighted by Crippen LogP contribution is 2.30. The van der Waals surface area contributed by atoms with E-state index in [1.54, 1.807) is 0 Å². The Kier molecular flexibility index (Phi) is 4.34. The molecule has 0 aromatic heterocycles. The van der Waals surface area contributed by atoms with Crippen LogP contribution in [-0.4, -0.2) is 50.3 Å². The fraction of sp³-hybridized carbons (Fsp3) is 0.600. The van der Waals surface area contributed by atoms with Gasteiger partial charge in [0.15, 0.2) is 1.41 Å². The van der Waals surface area contributed by atoms with Crippen molar-refractivity contribution in [1.82, 2.24) is 0 Å². The summed E-state index contributed by atoms with van der Waals surface area (Å²) in [7, 11) is -6.50. The Balaban J connectivity index is 0.000000453. The van der Waals surface area contributed by atoms with E-state index >= 15 is 0 Å². The van der Waals surface area contributed by atoms with Gasteiger partial charge < -0.3 is 9.47 Å². The van der Waals surface area contributed by atoms with Crippen LogP contribution in [0.1, 0.15) is 137 Å². The number of hydrogen-bond acceptors (Lipinski definition) is 8. The topological polar surface area (TPSA) is 133 Å². The van der Waals surface area contributed by atoms with Crippen LogP contribution in [0, 0.1) is 11.7 Å². The highest BCUT2D eigenvalue weighted by molar-refractivity contribution is 7.93. The van der Waals surface area contributed by atoms with Crippen LogP contribution in [0.4, 0.5) is 10.1 Å². The second-order valence-electron chi connectivity index (χ2n) is 6.64. The van der Waals surface area contributed by atoms with Gasteiger partial charge in [-0.3, -0.25) is 19.1 Å². The number of rotatable bonds is 7. The van der Waals surface area contributed by atoms with E-state index < -0.39 is 186 Å². The molecule has 9 nitrogen and oxygen atoms in total. The Bertz CT molecular complexity index is 2680. The van der Waals surface area contributed by atoms with Crippen LogP contribution in [0.2, 0.25) is 6.43 Å². The largest absolute Gasteiger partial charge is 0.465 e. The van der Waals surface area contributed by atoms with Crippen LogP contribution >= 0.6 is 11.6 Å². The minimum absolute atomic E-state index is 0.197. The van der Waals surface area contributed by atoms with Crippen LogP contribution in [0.3, 0.4) is 0 Å². The van der Waals surface area contributed by atoms with Crippen molar-refractivity contribution in [2.75, 3.05) is 17.9 Å². The van der Waals surface area contributed by atoms with Crippen molar-refractivity contribution < 1.29 is 89.5 Å². The predicted octanol–water partition coefficient (Wildman–Crippen LogP) is 6.09. The summed E-state index contributed by atoms with van der Waals surface area (Å²) in [6.07, 6.45) is -43.4. The first-order valence-electron chi connectivity index (χ1n) is 28.1. The monoisotopic (exact) mass is 664 g/mol. The zero-order valence-electron chi connectivity index (χ0n) is 55.7. The Labute approximate surface area is 301 Å². The van der Waals surface area contributed by atoms with Gasteiger partial charge in [-0.2, -0.15) is 0 Å². The van der Waals surface area contributed by atoms with Gasteiger partial charge in [0.1, 0.15) is 28.5 Å². The number of Topliss-reactive ketones (excluding diaryl/α,β-unsaturated/α-hetero) is 2. The molecule has 0 radical (unpaired) electrons.